The van der Waals surface area contributed by atoms with Gasteiger partial charge in [-0.2, -0.15) is 0 Å². The fourth-order valence-electron chi connectivity index (χ4n) is 2.26. The second-order valence-electron chi connectivity index (χ2n) is 4.81. The summed E-state index contributed by atoms with van der Waals surface area (Å²) in [6.07, 6.45) is 1.56. The third-order valence-corrected chi connectivity index (χ3v) is 3.30. The number of hydrogen-bond acceptors (Lipinski definition) is 4. The molecule has 22 heavy (non-hydrogen) atoms. The molecule has 0 spiro atoms. The Bertz CT molecular complexity index is 842. The summed E-state index contributed by atoms with van der Waals surface area (Å²) in [5.41, 5.74) is 0.329. The van der Waals surface area contributed by atoms with E-state index in [1.807, 2.05) is 18.2 Å². The van der Waals surface area contributed by atoms with E-state index in [1.54, 1.807) is 37.4 Å². The summed E-state index contributed by atoms with van der Waals surface area (Å²) in [6.45, 7) is 2.12. The molecular weight excluding hydrogens is 282 g/mol. The minimum Gasteiger partial charge on any atom is -0.488 e. The van der Waals surface area contributed by atoms with Crippen LogP contribution in [0.4, 0.5) is 0 Å². The van der Waals surface area contributed by atoms with Crippen molar-refractivity contribution in [3.8, 4) is 5.75 Å². The molecule has 0 N–H and O–H groups in total. The van der Waals surface area contributed by atoms with Gasteiger partial charge in [-0.1, -0.05) is 18.2 Å². The number of aromatic nitrogens is 1. The normalized spacial score (nSPS) is 10.8. The molecule has 0 radical (unpaired) electrons. The van der Waals surface area contributed by atoms with Gasteiger partial charge < -0.3 is 13.7 Å². The molecule has 0 aliphatic heterocycles. The molecule has 0 bridgehead atoms. The van der Waals surface area contributed by atoms with Gasteiger partial charge in [0, 0.05) is 11.6 Å². The molecule has 0 saturated carbocycles. The maximum atomic E-state index is 12.3. The predicted octanol–water partition coefficient (Wildman–Crippen LogP) is 2.88. The van der Waals surface area contributed by atoms with Crippen molar-refractivity contribution in [3.05, 3.63) is 64.8 Å². The lowest BCUT2D eigenvalue weighted by Gasteiger charge is -2.06. The largest absolute Gasteiger partial charge is 0.488 e. The van der Waals surface area contributed by atoms with E-state index >= 15 is 0 Å². The monoisotopic (exact) mass is 297 g/mol. The van der Waals surface area contributed by atoms with Crippen LogP contribution in [0, 0.1) is 0 Å². The summed E-state index contributed by atoms with van der Waals surface area (Å²) >= 11 is 0. The number of ether oxygens (including phenoxy) is 1. The summed E-state index contributed by atoms with van der Waals surface area (Å²) in [4.78, 5) is 24.5. The number of furan rings is 1. The third kappa shape index (κ3) is 2.65. The highest BCUT2D eigenvalue weighted by molar-refractivity contribution is 5.97. The number of carbonyl (C=O) groups is 1. The summed E-state index contributed by atoms with van der Waals surface area (Å²) in [5.74, 6) is 0.226. The number of ketones is 1. The van der Waals surface area contributed by atoms with Gasteiger partial charge >= 0.3 is 0 Å². The molecule has 0 aliphatic rings. The molecular formula is C17H15NO4. The molecule has 5 nitrogen and oxygen atoms in total. The van der Waals surface area contributed by atoms with Crippen LogP contribution in [0.2, 0.25) is 0 Å². The molecule has 112 valence electrons. The van der Waals surface area contributed by atoms with Gasteiger partial charge in [0.15, 0.2) is 11.5 Å². The number of pyridine rings is 1. The first-order valence-electron chi connectivity index (χ1n) is 7.03. The highest BCUT2D eigenvalue weighted by atomic mass is 16.5. The van der Waals surface area contributed by atoms with E-state index in [4.69, 9.17) is 9.15 Å². The van der Waals surface area contributed by atoms with Gasteiger partial charge in [0.2, 0.25) is 5.78 Å². The van der Waals surface area contributed by atoms with Crippen molar-refractivity contribution in [2.45, 2.75) is 13.5 Å². The van der Waals surface area contributed by atoms with Crippen LogP contribution in [0.1, 0.15) is 17.5 Å². The lowest BCUT2D eigenvalue weighted by Crippen LogP contribution is -2.24. The van der Waals surface area contributed by atoms with Gasteiger partial charge in [-0.05, 0) is 31.2 Å². The van der Waals surface area contributed by atoms with Crippen molar-refractivity contribution >= 4 is 16.8 Å². The van der Waals surface area contributed by atoms with Crippen LogP contribution in [0.3, 0.4) is 0 Å². The van der Waals surface area contributed by atoms with Crippen molar-refractivity contribution in [2.24, 2.45) is 0 Å². The van der Waals surface area contributed by atoms with E-state index in [1.165, 1.54) is 4.57 Å². The fourth-order valence-corrected chi connectivity index (χ4v) is 2.26. The van der Waals surface area contributed by atoms with Gasteiger partial charge in [0.05, 0.1) is 13.2 Å². The molecule has 3 aromatic rings. The predicted molar refractivity (Wildman–Crippen MR) is 82.4 cm³/mol. The molecule has 0 amide bonds. The second-order valence-corrected chi connectivity index (χ2v) is 4.81. The lowest BCUT2D eigenvalue weighted by molar-refractivity contribution is 0.0945. The quantitative estimate of drug-likeness (QED) is 0.679. The third-order valence-electron chi connectivity index (χ3n) is 3.30. The Hall–Kier alpha value is -2.82. The standard InChI is InChI=1S/C17H15NO4/c1-2-21-15-8-5-9-18(17(15)20)11-13(19)16-10-12-6-3-4-7-14(12)22-16/h3-10H,2,11H2,1H3. The molecule has 2 aromatic heterocycles. The minimum atomic E-state index is -0.325. The summed E-state index contributed by atoms with van der Waals surface area (Å²) < 4.78 is 12.1. The van der Waals surface area contributed by atoms with Crippen molar-refractivity contribution in [3.63, 3.8) is 0 Å². The van der Waals surface area contributed by atoms with Crippen LogP contribution in [-0.2, 0) is 6.54 Å². The first-order valence-corrected chi connectivity index (χ1v) is 7.03. The van der Waals surface area contributed by atoms with Crippen molar-refractivity contribution in [2.75, 3.05) is 6.61 Å². The maximum Gasteiger partial charge on any atom is 0.293 e. The van der Waals surface area contributed by atoms with E-state index in [-0.39, 0.29) is 29.4 Å². The maximum absolute atomic E-state index is 12.3. The van der Waals surface area contributed by atoms with Crippen LogP contribution in [0.15, 0.2) is 57.9 Å². The molecule has 3 rings (SSSR count). The molecule has 0 saturated heterocycles. The molecule has 0 fully saturated rings. The number of rotatable bonds is 5. The van der Waals surface area contributed by atoms with Crippen LogP contribution < -0.4 is 10.3 Å². The minimum absolute atomic E-state index is 0.0838. The molecule has 0 atom stereocenters. The van der Waals surface area contributed by atoms with Gasteiger partial charge in [-0.15, -0.1) is 0 Å². The SMILES string of the molecule is CCOc1cccn(CC(=O)c2cc3ccccc3o2)c1=O. The highest BCUT2D eigenvalue weighted by Gasteiger charge is 2.14. The second kappa shape index (κ2) is 5.89. The van der Waals surface area contributed by atoms with Gasteiger partial charge in [-0.25, -0.2) is 0 Å². The van der Waals surface area contributed by atoms with E-state index in [9.17, 15) is 9.59 Å². The fraction of sp³-hybridized carbons (Fsp3) is 0.176. The van der Waals surface area contributed by atoms with Gasteiger partial charge in [0.25, 0.3) is 5.56 Å². The number of para-hydroxylation sites is 1. The molecule has 2 heterocycles. The van der Waals surface area contributed by atoms with E-state index in [2.05, 4.69) is 0 Å². The van der Waals surface area contributed by atoms with E-state index < -0.39 is 0 Å². The Labute approximate surface area is 126 Å². The number of carbonyl (C=O) groups excluding carboxylic acids is 1. The molecule has 5 heteroatoms. The number of hydrogen-bond donors (Lipinski definition) is 0. The first kappa shape index (κ1) is 14.1. The summed E-state index contributed by atoms with van der Waals surface area (Å²) in [6, 6.07) is 12.4. The summed E-state index contributed by atoms with van der Waals surface area (Å²) in [7, 11) is 0. The van der Waals surface area contributed by atoms with Crippen LogP contribution in [0.5, 0.6) is 5.75 Å². The van der Waals surface area contributed by atoms with Crippen molar-refractivity contribution in [1.82, 2.24) is 4.57 Å². The molecule has 0 unspecified atom stereocenters. The van der Waals surface area contributed by atoms with Crippen LogP contribution in [-0.4, -0.2) is 17.0 Å². The zero-order chi connectivity index (χ0) is 15.5. The number of benzene rings is 1. The number of fused-ring (bicyclic) bond motifs is 1. The van der Waals surface area contributed by atoms with Crippen molar-refractivity contribution in [1.29, 1.82) is 0 Å². The van der Waals surface area contributed by atoms with Gasteiger partial charge in [0.1, 0.15) is 5.58 Å². The van der Waals surface area contributed by atoms with E-state index in [0.717, 1.165) is 5.39 Å². The molecule has 0 aliphatic carbocycles. The Morgan fingerprint density at radius 1 is 1.23 bits per heavy atom. The average Bonchev–Trinajstić information content (AvgIpc) is 2.95. The van der Waals surface area contributed by atoms with E-state index in [0.29, 0.717) is 12.2 Å². The molecule has 1 aromatic carbocycles. The zero-order valence-electron chi connectivity index (χ0n) is 12.1. The Morgan fingerprint density at radius 3 is 2.82 bits per heavy atom. The highest BCUT2D eigenvalue weighted by Crippen LogP contribution is 2.19. The smallest absolute Gasteiger partial charge is 0.293 e. The van der Waals surface area contributed by atoms with Crippen LogP contribution >= 0.6 is 0 Å². The topological polar surface area (TPSA) is 61.4 Å². The Morgan fingerprint density at radius 2 is 2.05 bits per heavy atom. The lowest BCUT2D eigenvalue weighted by atomic mass is 10.2. The summed E-state index contributed by atoms with van der Waals surface area (Å²) in [5, 5.41) is 0.862. The number of nitrogens with zero attached hydrogens (tertiary/aromatic N) is 1. The number of Topliss-reactive ketones (excluding diaryl/α,β-unsaturated/α-hetero) is 1. The Balaban J connectivity index is 1.88. The zero-order valence-corrected chi connectivity index (χ0v) is 12.1. The van der Waals surface area contributed by atoms with Crippen molar-refractivity contribution < 1.29 is 13.9 Å². The van der Waals surface area contributed by atoms with Crippen LogP contribution in [0.25, 0.3) is 11.0 Å². The Kier molecular flexibility index (Phi) is 3.78. The van der Waals surface area contributed by atoms with Gasteiger partial charge in [-0.3, -0.25) is 9.59 Å². The average molecular weight is 297 g/mol. The first-order chi connectivity index (χ1) is 10.7.